The van der Waals surface area contributed by atoms with E-state index >= 15 is 0 Å². The van der Waals surface area contributed by atoms with E-state index < -0.39 is 17.2 Å². The van der Waals surface area contributed by atoms with E-state index in [-0.39, 0.29) is 5.56 Å². The third-order valence-corrected chi connectivity index (χ3v) is 2.89. The van der Waals surface area contributed by atoms with Gasteiger partial charge in [-0.1, -0.05) is 25.1 Å². The van der Waals surface area contributed by atoms with Crippen LogP contribution in [0.5, 0.6) is 0 Å². The number of aromatic amines is 2. The van der Waals surface area contributed by atoms with Crippen LogP contribution in [-0.4, -0.2) is 22.4 Å². The molecule has 4 N–H and O–H groups in total. The van der Waals surface area contributed by atoms with Gasteiger partial charge in [-0.25, -0.2) is 4.79 Å². The number of hydrogen-bond donors (Lipinski definition) is 4. The first-order valence-electron chi connectivity index (χ1n) is 6.53. The van der Waals surface area contributed by atoms with Crippen LogP contribution >= 0.6 is 0 Å². The van der Waals surface area contributed by atoms with Crippen LogP contribution in [-0.2, 0) is 6.54 Å². The lowest BCUT2D eigenvalue weighted by molar-refractivity contribution is 0.102. The molecule has 1 aromatic carbocycles. The number of H-pyrrole nitrogens is 2. The summed E-state index contributed by atoms with van der Waals surface area (Å²) in [7, 11) is 0. The number of carbonyl (C=O) groups is 1. The second kappa shape index (κ2) is 6.67. The molecule has 2 rings (SSSR count). The molecule has 0 saturated heterocycles. The fourth-order valence-corrected chi connectivity index (χ4v) is 1.82. The maximum Gasteiger partial charge on any atom is 0.325 e. The average Bonchev–Trinajstić information content (AvgIpc) is 2.46. The van der Waals surface area contributed by atoms with Crippen LogP contribution in [0.2, 0.25) is 0 Å². The van der Waals surface area contributed by atoms with Crippen molar-refractivity contribution in [1.29, 1.82) is 0 Å². The molecule has 1 heterocycles. The van der Waals surface area contributed by atoms with Gasteiger partial charge in [-0.15, -0.1) is 0 Å². The molecule has 2 aromatic rings. The summed E-state index contributed by atoms with van der Waals surface area (Å²) in [6.07, 6.45) is 1.10. The van der Waals surface area contributed by atoms with Crippen LogP contribution in [0.25, 0.3) is 0 Å². The SMILES string of the molecule is CCNCc1ccccc1NC(=O)c1c[nH]c(=O)[nH]c1=O. The van der Waals surface area contributed by atoms with Gasteiger partial charge in [0, 0.05) is 18.4 Å². The summed E-state index contributed by atoms with van der Waals surface area (Å²) in [6, 6.07) is 7.30. The summed E-state index contributed by atoms with van der Waals surface area (Å²) in [5, 5.41) is 5.85. The van der Waals surface area contributed by atoms with Gasteiger partial charge < -0.3 is 15.6 Å². The van der Waals surface area contributed by atoms with Crippen LogP contribution in [0.1, 0.15) is 22.8 Å². The zero-order valence-corrected chi connectivity index (χ0v) is 11.5. The summed E-state index contributed by atoms with van der Waals surface area (Å²) in [5.41, 5.74) is 0.0139. The number of hydrogen-bond acceptors (Lipinski definition) is 4. The molecule has 0 radical (unpaired) electrons. The van der Waals surface area contributed by atoms with E-state index in [1.807, 2.05) is 24.0 Å². The smallest absolute Gasteiger partial charge is 0.321 e. The summed E-state index contributed by atoms with van der Waals surface area (Å²) in [5.74, 6) is -0.573. The number of para-hydroxylation sites is 1. The molecule has 110 valence electrons. The summed E-state index contributed by atoms with van der Waals surface area (Å²) < 4.78 is 0. The molecule has 0 unspecified atom stereocenters. The molecule has 0 aliphatic rings. The van der Waals surface area contributed by atoms with Crippen molar-refractivity contribution in [2.24, 2.45) is 0 Å². The molecule has 7 nitrogen and oxygen atoms in total. The van der Waals surface area contributed by atoms with Gasteiger partial charge in [0.15, 0.2) is 0 Å². The molecule has 7 heteroatoms. The molecule has 0 fully saturated rings. The summed E-state index contributed by atoms with van der Waals surface area (Å²) in [6.45, 7) is 3.40. The zero-order chi connectivity index (χ0) is 15.2. The monoisotopic (exact) mass is 288 g/mol. The van der Waals surface area contributed by atoms with E-state index in [1.165, 1.54) is 0 Å². The first-order valence-corrected chi connectivity index (χ1v) is 6.53. The Balaban J connectivity index is 2.23. The predicted octanol–water partition coefficient (Wildman–Crippen LogP) is 0.425. The second-order valence-corrected chi connectivity index (χ2v) is 4.38. The number of anilines is 1. The molecule has 0 saturated carbocycles. The Morgan fingerprint density at radius 3 is 2.71 bits per heavy atom. The van der Waals surface area contributed by atoms with Gasteiger partial charge in [0.2, 0.25) is 0 Å². The molecule has 0 spiro atoms. The van der Waals surface area contributed by atoms with Crippen LogP contribution in [0.4, 0.5) is 5.69 Å². The summed E-state index contributed by atoms with van der Waals surface area (Å²) in [4.78, 5) is 38.9. The first kappa shape index (κ1) is 14.7. The number of rotatable bonds is 5. The van der Waals surface area contributed by atoms with E-state index in [0.717, 1.165) is 18.3 Å². The van der Waals surface area contributed by atoms with Crippen molar-refractivity contribution in [3.8, 4) is 0 Å². The number of carbonyl (C=O) groups excluding carboxylic acids is 1. The lowest BCUT2D eigenvalue weighted by Crippen LogP contribution is -2.30. The number of benzene rings is 1. The highest BCUT2D eigenvalue weighted by Crippen LogP contribution is 2.15. The molecule has 0 aliphatic heterocycles. The lowest BCUT2D eigenvalue weighted by Gasteiger charge is -2.11. The van der Waals surface area contributed by atoms with Gasteiger partial charge in [0.1, 0.15) is 5.56 Å². The van der Waals surface area contributed by atoms with Crippen LogP contribution in [0.15, 0.2) is 40.1 Å². The highest BCUT2D eigenvalue weighted by molar-refractivity contribution is 6.04. The Morgan fingerprint density at radius 1 is 1.24 bits per heavy atom. The van der Waals surface area contributed by atoms with E-state index in [0.29, 0.717) is 12.2 Å². The fourth-order valence-electron chi connectivity index (χ4n) is 1.82. The summed E-state index contributed by atoms with van der Waals surface area (Å²) >= 11 is 0. The zero-order valence-electron chi connectivity index (χ0n) is 11.5. The molecule has 1 aromatic heterocycles. The Kier molecular flexibility index (Phi) is 4.68. The van der Waals surface area contributed by atoms with Gasteiger partial charge in [-0.05, 0) is 18.2 Å². The van der Waals surface area contributed by atoms with Crippen molar-refractivity contribution in [2.45, 2.75) is 13.5 Å². The highest BCUT2D eigenvalue weighted by atomic mass is 16.2. The van der Waals surface area contributed by atoms with Crippen molar-refractivity contribution in [1.82, 2.24) is 15.3 Å². The number of nitrogens with one attached hydrogen (secondary N) is 4. The van der Waals surface area contributed by atoms with Gasteiger partial charge in [0.05, 0.1) is 0 Å². The van der Waals surface area contributed by atoms with Gasteiger partial charge in [-0.3, -0.25) is 14.6 Å². The Labute approximate surface area is 120 Å². The molecule has 0 atom stereocenters. The van der Waals surface area contributed by atoms with E-state index in [2.05, 4.69) is 15.6 Å². The Morgan fingerprint density at radius 2 is 2.00 bits per heavy atom. The van der Waals surface area contributed by atoms with Crippen LogP contribution in [0, 0.1) is 0 Å². The highest BCUT2D eigenvalue weighted by Gasteiger charge is 2.12. The third kappa shape index (κ3) is 3.67. The molecule has 0 aliphatic carbocycles. The molecular weight excluding hydrogens is 272 g/mol. The van der Waals surface area contributed by atoms with Crippen molar-refractivity contribution in [2.75, 3.05) is 11.9 Å². The molecular formula is C14H16N4O3. The Bertz CT molecular complexity index is 748. The van der Waals surface area contributed by atoms with Crippen molar-refractivity contribution >= 4 is 11.6 Å². The number of aromatic nitrogens is 2. The standard InChI is InChI=1S/C14H16N4O3/c1-2-15-7-9-5-3-4-6-11(9)17-12(19)10-8-16-14(21)18-13(10)20/h3-6,8,15H,2,7H2,1H3,(H,17,19)(H2,16,18,20,21). The molecule has 1 amide bonds. The minimum Gasteiger partial charge on any atom is -0.321 e. The van der Waals surface area contributed by atoms with E-state index in [4.69, 9.17) is 0 Å². The van der Waals surface area contributed by atoms with E-state index in [9.17, 15) is 14.4 Å². The van der Waals surface area contributed by atoms with Gasteiger partial charge >= 0.3 is 5.69 Å². The maximum absolute atomic E-state index is 12.1. The average molecular weight is 288 g/mol. The normalized spacial score (nSPS) is 10.3. The largest absolute Gasteiger partial charge is 0.325 e. The van der Waals surface area contributed by atoms with Gasteiger partial charge in [0.25, 0.3) is 11.5 Å². The fraction of sp³-hybridized carbons (Fsp3) is 0.214. The molecule has 0 bridgehead atoms. The minimum absolute atomic E-state index is 0.146. The minimum atomic E-state index is -0.722. The number of amides is 1. The van der Waals surface area contributed by atoms with E-state index in [1.54, 1.807) is 12.1 Å². The second-order valence-electron chi connectivity index (χ2n) is 4.38. The topological polar surface area (TPSA) is 107 Å². The predicted molar refractivity (Wildman–Crippen MR) is 79.5 cm³/mol. The van der Waals surface area contributed by atoms with Crippen LogP contribution < -0.4 is 21.9 Å². The van der Waals surface area contributed by atoms with Crippen molar-refractivity contribution in [3.05, 3.63) is 62.4 Å². The first-order chi connectivity index (χ1) is 10.1. The van der Waals surface area contributed by atoms with Crippen LogP contribution in [0.3, 0.4) is 0 Å². The van der Waals surface area contributed by atoms with Crippen molar-refractivity contribution < 1.29 is 4.79 Å². The Hall–Kier alpha value is -2.67. The molecule has 21 heavy (non-hydrogen) atoms. The maximum atomic E-state index is 12.1. The van der Waals surface area contributed by atoms with Crippen molar-refractivity contribution in [3.63, 3.8) is 0 Å². The third-order valence-electron chi connectivity index (χ3n) is 2.89. The van der Waals surface area contributed by atoms with Gasteiger partial charge in [-0.2, -0.15) is 0 Å². The lowest BCUT2D eigenvalue weighted by atomic mass is 10.1. The quantitative estimate of drug-likeness (QED) is 0.640.